The summed E-state index contributed by atoms with van der Waals surface area (Å²) in [5.41, 5.74) is 1.16. The largest absolute Gasteiger partial charge is 0.273 e. The molecule has 2 rings (SSSR count). The molecule has 0 aromatic carbocycles. The van der Waals surface area contributed by atoms with Gasteiger partial charge in [-0.2, -0.15) is 5.10 Å². The summed E-state index contributed by atoms with van der Waals surface area (Å²) in [6.45, 7) is 1.80. The van der Waals surface area contributed by atoms with Crippen LogP contribution in [0.5, 0.6) is 0 Å². The normalized spacial score (nSPS) is 10.6. The van der Waals surface area contributed by atoms with Crippen LogP contribution in [0.25, 0.3) is 10.9 Å². The first-order valence-corrected chi connectivity index (χ1v) is 4.48. The van der Waals surface area contributed by atoms with Crippen molar-refractivity contribution in [3.8, 4) is 0 Å². The van der Waals surface area contributed by atoms with E-state index in [1.165, 1.54) is 0 Å². The highest BCUT2D eigenvalue weighted by atomic mass is 79.9. The first-order chi connectivity index (χ1) is 6.18. The van der Waals surface area contributed by atoms with Crippen molar-refractivity contribution in [2.45, 2.75) is 6.92 Å². The third-order valence-corrected chi connectivity index (χ3v) is 2.20. The highest BCUT2D eigenvalue weighted by molar-refractivity contribution is 9.10. The van der Waals surface area contributed by atoms with Crippen LogP contribution < -0.4 is 5.56 Å². The number of pyridine rings is 1. The van der Waals surface area contributed by atoms with Crippen molar-refractivity contribution < 1.29 is 0 Å². The van der Waals surface area contributed by atoms with Crippen LogP contribution in [0.1, 0.15) is 5.69 Å². The van der Waals surface area contributed by atoms with Gasteiger partial charge >= 0.3 is 0 Å². The summed E-state index contributed by atoms with van der Waals surface area (Å²) in [7, 11) is 0. The summed E-state index contributed by atoms with van der Waals surface area (Å²) < 4.78 is 0.788. The number of aromatic amines is 1. The number of H-pyrrole nitrogens is 1. The zero-order valence-electron chi connectivity index (χ0n) is 6.84. The van der Waals surface area contributed by atoms with E-state index >= 15 is 0 Å². The van der Waals surface area contributed by atoms with E-state index in [1.54, 1.807) is 19.2 Å². The van der Waals surface area contributed by atoms with Crippen LogP contribution in [-0.2, 0) is 0 Å². The van der Waals surface area contributed by atoms with Crippen LogP contribution in [-0.4, -0.2) is 15.2 Å². The standard InChI is InChI=1S/C8H6BrN3O/c1-4-7-6(8(13)12-11-4)2-5(9)3-10-7/h2-3H,1H3,(H,12,13). The minimum atomic E-state index is -0.214. The Labute approximate surface area is 82.1 Å². The molecule has 0 aliphatic rings. The van der Waals surface area contributed by atoms with E-state index in [9.17, 15) is 4.79 Å². The van der Waals surface area contributed by atoms with Crippen molar-refractivity contribution >= 4 is 26.8 Å². The van der Waals surface area contributed by atoms with Gasteiger partial charge in [0.1, 0.15) is 0 Å². The fraction of sp³-hybridized carbons (Fsp3) is 0.125. The highest BCUT2D eigenvalue weighted by Gasteiger charge is 2.03. The summed E-state index contributed by atoms with van der Waals surface area (Å²) in [4.78, 5) is 15.4. The average molecular weight is 240 g/mol. The van der Waals surface area contributed by atoms with Gasteiger partial charge in [0.15, 0.2) is 0 Å². The molecule has 0 amide bonds. The van der Waals surface area contributed by atoms with Crippen molar-refractivity contribution in [2.24, 2.45) is 0 Å². The SMILES string of the molecule is Cc1n[nH]c(=O)c2cc(Br)cnc12. The summed E-state index contributed by atoms with van der Waals surface area (Å²) in [5, 5.41) is 6.78. The third kappa shape index (κ3) is 1.35. The predicted octanol–water partition coefficient (Wildman–Crippen LogP) is 1.39. The molecule has 0 atom stereocenters. The summed E-state index contributed by atoms with van der Waals surface area (Å²) in [6, 6.07) is 1.73. The molecule has 1 N–H and O–H groups in total. The van der Waals surface area contributed by atoms with Gasteiger partial charge in [-0.05, 0) is 28.9 Å². The molecule has 4 nitrogen and oxygen atoms in total. The Hall–Kier alpha value is -1.23. The molecule has 66 valence electrons. The van der Waals surface area contributed by atoms with E-state index in [0.29, 0.717) is 10.9 Å². The lowest BCUT2D eigenvalue weighted by atomic mass is 10.2. The minimum absolute atomic E-state index is 0.214. The Morgan fingerprint density at radius 3 is 3.08 bits per heavy atom. The number of nitrogens with zero attached hydrogens (tertiary/aromatic N) is 2. The molecule has 0 saturated heterocycles. The first kappa shape index (κ1) is 8.37. The molecule has 2 aromatic rings. The van der Waals surface area contributed by atoms with Gasteiger partial charge < -0.3 is 0 Å². The predicted molar refractivity (Wildman–Crippen MR) is 52.6 cm³/mol. The maximum atomic E-state index is 11.3. The van der Waals surface area contributed by atoms with Crippen molar-refractivity contribution in [3.63, 3.8) is 0 Å². The zero-order valence-corrected chi connectivity index (χ0v) is 8.42. The van der Waals surface area contributed by atoms with Gasteiger partial charge in [0.25, 0.3) is 5.56 Å². The van der Waals surface area contributed by atoms with Crippen LogP contribution in [0.2, 0.25) is 0 Å². The number of nitrogens with one attached hydrogen (secondary N) is 1. The van der Waals surface area contributed by atoms with Crippen LogP contribution in [0, 0.1) is 6.92 Å². The number of aryl methyl sites for hydroxylation is 1. The van der Waals surface area contributed by atoms with E-state index < -0.39 is 0 Å². The molecular weight excluding hydrogens is 234 g/mol. The molecule has 0 aliphatic carbocycles. The van der Waals surface area contributed by atoms with E-state index in [0.717, 1.165) is 10.2 Å². The topological polar surface area (TPSA) is 58.6 Å². The summed E-state index contributed by atoms with van der Waals surface area (Å²) in [5.74, 6) is 0. The van der Waals surface area contributed by atoms with Gasteiger partial charge in [0.05, 0.1) is 16.6 Å². The van der Waals surface area contributed by atoms with Crippen LogP contribution >= 0.6 is 15.9 Å². The fourth-order valence-corrected chi connectivity index (χ4v) is 1.48. The van der Waals surface area contributed by atoms with E-state index in [4.69, 9.17) is 0 Å². The molecule has 2 heterocycles. The average Bonchev–Trinajstić information content (AvgIpc) is 2.12. The van der Waals surface area contributed by atoms with Crippen molar-refractivity contribution in [2.75, 3.05) is 0 Å². The molecule has 2 aromatic heterocycles. The Kier molecular flexibility index (Phi) is 1.88. The molecule has 0 spiro atoms. The molecule has 13 heavy (non-hydrogen) atoms. The molecule has 0 saturated carbocycles. The molecule has 0 unspecified atom stereocenters. The van der Waals surface area contributed by atoms with E-state index in [-0.39, 0.29) is 5.56 Å². The van der Waals surface area contributed by atoms with Crippen LogP contribution in [0.4, 0.5) is 0 Å². The zero-order chi connectivity index (χ0) is 9.42. The first-order valence-electron chi connectivity index (χ1n) is 3.69. The minimum Gasteiger partial charge on any atom is -0.267 e. The number of halogens is 1. The molecule has 0 fully saturated rings. The lowest BCUT2D eigenvalue weighted by molar-refractivity contribution is 0.963. The second-order valence-corrected chi connectivity index (χ2v) is 3.60. The molecule has 0 aliphatic heterocycles. The fourth-order valence-electron chi connectivity index (χ4n) is 1.15. The van der Waals surface area contributed by atoms with E-state index in [2.05, 4.69) is 31.1 Å². The van der Waals surface area contributed by atoms with Crippen LogP contribution in [0.3, 0.4) is 0 Å². The van der Waals surface area contributed by atoms with Crippen molar-refractivity contribution in [1.82, 2.24) is 15.2 Å². The number of rotatable bonds is 0. The second kappa shape index (κ2) is 2.92. The maximum Gasteiger partial charge on any atom is 0.273 e. The number of hydrogen-bond acceptors (Lipinski definition) is 3. The van der Waals surface area contributed by atoms with Gasteiger partial charge in [-0.15, -0.1) is 0 Å². The Balaban J connectivity index is 3.01. The Morgan fingerprint density at radius 2 is 2.31 bits per heavy atom. The molecule has 0 bridgehead atoms. The van der Waals surface area contributed by atoms with Crippen molar-refractivity contribution in [3.05, 3.63) is 32.8 Å². The molecule has 5 heteroatoms. The molecular formula is C8H6BrN3O. The van der Waals surface area contributed by atoms with Crippen molar-refractivity contribution in [1.29, 1.82) is 0 Å². The smallest absolute Gasteiger partial charge is 0.267 e. The van der Waals surface area contributed by atoms with Gasteiger partial charge in [-0.25, -0.2) is 5.10 Å². The van der Waals surface area contributed by atoms with Crippen LogP contribution in [0.15, 0.2) is 21.5 Å². The molecule has 0 radical (unpaired) electrons. The van der Waals surface area contributed by atoms with E-state index in [1.807, 2.05) is 0 Å². The van der Waals surface area contributed by atoms with Gasteiger partial charge in [-0.1, -0.05) is 0 Å². The number of fused-ring (bicyclic) bond motifs is 1. The van der Waals surface area contributed by atoms with Gasteiger partial charge in [-0.3, -0.25) is 9.78 Å². The summed E-state index contributed by atoms with van der Waals surface area (Å²) >= 11 is 3.26. The monoisotopic (exact) mass is 239 g/mol. The maximum absolute atomic E-state index is 11.3. The quantitative estimate of drug-likeness (QED) is 0.756. The number of aromatic nitrogens is 3. The Bertz CT molecular complexity index is 520. The third-order valence-electron chi connectivity index (χ3n) is 1.77. The number of hydrogen-bond donors (Lipinski definition) is 1. The van der Waals surface area contributed by atoms with Gasteiger partial charge in [0, 0.05) is 10.7 Å². The lowest BCUT2D eigenvalue weighted by Gasteiger charge is -1.98. The second-order valence-electron chi connectivity index (χ2n) is 2.69. The highest BCUT2D eigenvalue weighted by Crippen LogP contribution is 2.14. The summed E-state index contributed by atoms with van der Waals surface area (Å²) in [6.07, 6.45) is 1.65. The lowest BCUT2D eigenvalue weighted by Crippen LogP contribution is -2.10. The Morgan fingerprint density at radius 1 is 1.54 bits per heavy atom. The van der Waals surface area contributed by atoms with Gasteiger partial charge in [0.2, 0.25) is 0 Å².